The van der Waals surface area contributed by atoms with E-state index in [4.69, 9.17) is 4.74 Å². The SMILES string of the molecule is CCCC(C)(CO)NC/C(C)=C/c1ccc(OC)cc1. The maximum Gasteiger partial charge on any atom is 0.118 e. The molecule has 0 heterocycles. The molecule has 0 aromatic heterocycles. The Labute approximate surface area is 122 Å². The number of rotatable bonds is 8. The summed E-state index contributed by atoms with van der Waals surface area (Å²) in [5.41, 5.74) is 2.21. The molecule has 3 heteroatoms. The second-order valence-electron chi connectivity index (χ2n) is 5.59. The van der Waals surface area contributed by atoms with Gasteiger partial charge in [0.05, 0.1) is 13.7 Å². The Bertz CT molecular complexity index is 425. The summed E-state index contributed by atoms with van der Waals surface area (Å²) < 4.78 is 5.15. The van der Waals surface area contributed by atoms with Crippen LogP contribution in [0, 0.1) is 0 Å². The van der Waals surface area contributed by atoms with Gasteiger partial charge in [0.2, 0.25) is 0 Å². The Kier molecular flexibility index (Phi) is 6.76. The minimum atomic E-state index is -0.191. The molecule has 3 nitrogen and oxygen atoms in total. The lowest BCUT2D eigenvalue weighted by Gasteiger charge is -2.28. The zero-order valence-electron chi connectivity index (χ0n) is 13.1. The van der Waals surface area contributed by atoms with Gasteiger partial charge in [-0.15, -0.1) is 0 Å². The first kappa shape index (κ1) is 16.7. The lowest BCUT2D eigenvalue weighted by molar-refractivity contribution is 0.168. The van der Waals surface area contributed by atoms with Crippen LogP contribution in [0.1, 0.15) is 39.2 Å². The Balaban J connectivity index is 2.60. The Morgan fingerprint density at radius 2 is 2.00 bits per heavy atom. The highest BCUT2D eigenvalue weighted by atomic mass is 16.5. The summed E-state index contributed by atoms with van der Waals surface area (Å²) in [5, 5.41) is 12.9. The van der Waals surface area contributed by atoms with Crippen LogP contribution < -0.4 is 10.1 Å². The molecule has 0 fully saturated rings. The second-order valence-corrected chi connectivity index (χ2v) is 5.59. The molecule has 112 valence electrons. The molecule has 0 amide bonds. The van der Waals surface area contributed by atoms with Gasteiger partial charge in [-0.3, -0.25) is 0 Å². The van der Waals surface area contributed by atoms with Gasteiger partial charge in [-0.1, -0.05) is 37.1 Å². The third kappa shape index (κ3) is 5.35. The topological polar surface area (TPSA) is 41.5 Å². The summed E-state index contributed by atoms with van der Waals surface area (Å²) in [6, 6.07) is 8.00. The molecule has 1 aromatic rings. The number of methoxy groups -OCH3 is 1. The van der Waals surface area contributed by atoms with E-state index in [1.54, 1.807) is 7.11 Å². The van der Waals surface area contributed by atoms with Gasteiger partial charge in [-0.25, -0.2) is 0 Å². The van der Waals surface area contributed by atoms with Gasteiger partial charge >= 0.3 is 0 Å². The van der Waals surface area contributed by atoms with Crippen molar-refractivity contribution >= 4 is 6.08 Å². The van der Waals surface area contributed by atoms with Crippen LogP contribution in [0.4, 0.5) is 0 Å². The standard InChI is InChI=1S/C17H27NO2/c1-5-10-17(3,13-19)18-12-14(2)11-15-6-8-16(20-4)9-7-15/h6-9,11,18-19H,5,10,12-13H2,1-4H3/b14-11+. The molecule has 0 spiro atoms. The first-order chi connectivity index (χ1) is 9.53. The van der Waals surface area contributed by atoms with Crippen molar-refractivity contribution < 1.29 is 9.84 Å². The van der Waals surface area contributed by atoms with Gasteiger partial charge in [0.25, 0.3) is 0 Å². The van der Waals surface area contributed by atoms with Crippen molar-refractivity contribution in [2.75, 3.05) is 20.3 Å². The highest BCUT2D eigenvalue weighted by Gasteiger charge is 2.20. The molecular weight excluding hydrogens is 250 g/mol. The number of aliphatic hydroxyl groups is 1. The molecule has 0 aliphatic heterocycles. The predicted molar refractivity (Wildman–Crippen MR) is 85.0 cm³/mol. The smallest absolute Gasteiger partial charge is 0.118 e. The molecule has 2 N–H and O–H groups in total. The summed E-state index contributed by atoms with van der Waals surface area (Å²) in [5.74, 6) is 0.869. The first-order valence-corrected chi connectivity index (χ1v) is 7.20. The summed E-state index contributed by atoms with van der Waals surface area (Å²) >= 11 is 0. The Morgan fingerprint density at radius 1 is 1.35 bits per heavy atom. The van der Waals surface area contributed by atoms with Crippen molar-refractivity contribution in [2.24, 2.45) is 0 Å². The third-order valence-corrected chi connectivity index (χ3v) is 3.47. The fourth-order valence-electron chi connectivity index (χ4n) is 2.16. The summed E-state index contributed by atoms with van der Waals surface area (Å²) in [6.45, 7) is 7.24. The lowest BCUT2D eigenvalue weighted by Crippen LogP contribution is -2.46. The highest BCUT2D eigenvalue weighted by Crippen LogP contribution is 2.15. The van der Waals surface area contributed by atoms with Gasteiger partial charge in [0, 0.05) is 12.1 Å². The van der Waals surface area contributed by atoms with Crippen molar-refractivity contribution in [1.29, 1.82) is 0 Å². The van der Waals surface area contributed by atoms with Crippen LogP contribution in [-0.4, -0.2) is 30.9 Å². The van der Waals surface area contributed by atoms with Crippen LogP contribution in [0.25, 0.3) is 6.08 Å². The molecule has 20 heavy (non-hydrogen) atoms. The maximum atomic E-state index is 9.48. The molecule has 0 radical (unpaired) electrons. The van der Waals surface area contributed by atoms with E-state index >= 15 is 0 Å². The summed E-state index contributed by atoms with van der Waals surface area (Å²) in [7, 11) is 1.67. The van der Waals surface area contributed by atoms with E-state index in [1.807, 2.05) is 24.3 Å². The molecule has 1 rings (SSSR count). The van der Waals surface area contributed by atoms with Gasteiger partial charge in [-0.05, 0) is 38.0 Å². The van der Waals surface area contributed by atoms with E-state index < -0.39 is 0 Å². The van der Waals surface area contributed by atoms with Crippen LogP contribution in [0.3, 0.4) is 0 Å². The number of benzene rings is 1. The van der Waals surface area contributed by atoms with Gasteiger partial charge in [-0.2, -0.15) is 0 Å². The second kappa shape index (κ2) is 8.08. The zero-order chi connectivity index (χ0) is 15.0. The van der Waals surface area contributed by atoms with E-state index in [1.165, 1.54) is 5.57 Å². The fraction of sp³-hybridized carbons (Fsp3) is 0.529. The minimum absolute atomic E-state index is 0.163. The molecule has 1 aromatic carbocycles. The minimum Gasteiger partial charge on any atom is -0.497 e. The maximum absolute atomic E-state index is 9.48. The lowest BCUT2D eigenvalue weighted by atomic mass is 9.97. The van der Waals surface area contributed by atoms with Gasteiger partial charge in [0.15, 0.2) is 0 Å². The molecule has 0 saturated carbocycles. The third-order valence-electron chi connectivity index (χ3n) is 3.47. The van der Waals surface area contributed by atoms with Crippen molar-refractivity contribution in [2.45, 2.75) is 39.2 Å². The van der Waals surface area contributed by atoms with Crippen molar-refractivity contribution in [3.8, 4) is 5.75 Å². The first-order valence-electron chi connectivity index (χ1n) is 7.20. The number of aliphatic hydroxyl groups excluding tert-OH is 1. The summed E-state index contributed by atoms with van der Waals surface area (Å²) in [4.78, 5) is 0. The number of hydrogen-bond donors (Lipinski definition) is 2. The molecule has 0 aliphatic carbocycles. The fourth-order valence-corrected chi connectivity index (χ4v) is 2.16. The van der Waals surface area contributed by atoms with Gasteiger partial charge < -0.3 is 15.2 Å². The largest absolute Gasteiger partial charge is 0.497 e. The number of nitrogens with one attached hydrogen (secondary N) is 1. The average molecular weight is 277 g/mol. The molecule has 1 atom stereocenters. The molecule has 0 aliphatic rings. The summed E-state index contributed by atoms with van der Waals surface area (Å²) in [6.07, 6.45) is 4.18. The van der Waals surface area contributed by atoms with E-state index in [2.05, 4.69) is 32.2 Å². The zero-order valence-corrected chi connectivity index (χ0v) is 13.1. The molecule has 0 saturated heterocycles. The van der Waals surface area contributed by atoms with Crippen LogP contribution in [0.5, 0.6) is 5.75 Å². The van der Waals surface area contributed by atoms with Crippen molar-refractivity contribution in [3.05, 3.63) is 35.4 Å². The quantitative estimate of drug-likeness (QED) is 0.766. The normalized spacial score (nSPS) is 14.9. The van der Waals surface area contributed by atoms with Crippen LogP contribution in [-0.2, 0) is 0 Å². The number of ether oxygens (including phenoxy) is 1. The average Bonchev–Trinajstić information content (AvgIpc) is 2.46. The van der Waals surface area contributed by atoms with E-state index in [9.17, 15) is 5.11 Å². The van der Waals surface area contributed by atoms with Crippen LogP contribution in [0.15, 0.2) is 29.8 Å². The van der Waals surface area contributed by atoms with Crippen molar-refractivity contribution in [1.82, 2.24) is 5.32 Å². The predicted octanol–water partition coefficient (Wildman–Crippen LogP) is 3.24. The van der Waals surface area contributed by atoms with E-state index in [0.29, 0.717) is 0 Å². The van der Waals surface area contributed by atoms with Crippen LogP contribution in [0.2, 0.25) is 0 Å². The Morgan fingerprint density at radius 3 is 2.50 bits per heavy atom. The molecule has 0 bridgehead atoms. The molecular formula is C17H27NO2. The Hall–Kier alpha value is -1.32. The highest BCUT2D eigenvalue weighted by molar-refractivity contribution is 5.53. The van der Waals surface area contributed by atoms with Crippen LogP contribution >= 0.6 is 0 Å². The number of hydrogen-bond acceptors (Lipinski definition) is 3. The van der Waals surface area contributed by atoms with Gasteiger partial charge in [0.1, 0.15) is 5.75 Å². The van der Waals surface area contributed by atoms with Crippen molar-refractivity contribution in [3.63, 3.8) is 0 Å². The van der Waals surface area contributed by atoms with E-state index in [0.717, 1.165) is 30.7 Å². The molecule has 1 unspecified atom stereocenters. The van der Waals surface area contributed by atoms with E-state index in [-0.39, 0.29) is 12.1 Å². The monoisotopic (exact) mass is 277 g/mol.